The highest BCUT2D eigenvalue weighted by Gasteiger charge is 2.01. The van der Waals surface area contributed by atoms with E-state index in [4.69, 9.17) is 11.6 Å². The predicted octanol–water partition coefficient (Wildman–Crippen LogP) is 3.83. The van der Waals surface area contributed by atoms with Crippen molar-refractivity contribution < 1.29 is 0 Å². The van der Waals surface area contributed by atoms with E-state index in [2.05, 4.69) is 15.6 Å². The van der Waals surface area contributed by atoms with Gasteiger partial charge in [-0.15, -0.1) is 0 Å². The maximum absolute atomic E-state index is 6.13. The molecule has 17 heavy (non-hydrogen) atoms. The molecular formula is C13H14ClN3. The van der Waals surface area contributed by atoms with Crippen molar-refractivity contribution in [2.75, 3.05) is 17.7 Å². The number of aromatic nitrogens is 1. The van der Waals surface area contributed by atoms with Gasteiger partial charge in [0.15, 0.2) is 0 Å². The van der Waals surface area contributed by atoms with Gasteiger partial charge < -0.3 is 10.6 Å². The maximum Gasteiger partial charge on any atom is 0.127 e. The van der Waals surface area contributed by atoms with E-state index in [1.165, 1.54) is 5.56 Å². The molecule has 0 aliphatic heterocycles. The summed E-state index contributed by atoms with van der Waals surface area (Å²) in [5, 5.41) is 6.98. The summed E-state index contributed by atoms with van der Waals surface area (Å²) < 4.78 is 0. The molecule has 2 rings (SSSR count). The molecule has 2 aromatic rings. The van der Waals surface area contributed by atoms with E-state index in [0.29, 0.717) is 5.02 Å². The van der Waals surface area contributed by atoms with Gasteiger partial charge in [-0.25, -0.2) is 4.98 Å². The normalized spacial score (nSPS) is 10.1. The van der Waals surface area contributed by atoms with Crippen LogP contribution >= 0.6 is 11.6 Å². The van der Waals surface area contributed by atoms with E-state index >= 15 is 0 Å². The van der Waals surface area contributed by atoms with E-state index in [1.54, 1.807) is 6.20 Å². The molecule has 0 aliphatic rings. The number of halogens is 1. The Morgan fingerprint density at radius 3 is 2.76 bits per heavy atom. The fourth-order valence-electron chi connectivity index (χ4n) is 1.54. The molecule has 0 fully saturated rings. The first-order chi connectivity index (χ1) is 8.19. The van der Waals surface area contributed by atoms with E-state index in [-0.39, 0.29) is 0 Å². The zero-order valence-corrected chi connectivity index (χ0v) is 10.5. The largest absolute Gasteiger partial charge is 0.373 e. The van der Waals surface area contributed by atoms with Crippen molar-refractivity contribution in [3.8, 4) is 0 Å². The van der Waals surface area contributed by atoms with Gasteiger partial charge in [0.2, 0.25) is 0 Å². The summed E-state index contributed by atoms with van der Waals surface area (Å²) in [5.41, 5.74) is 3.02. The first-order valence-corrected chi connectivity index (χ1v) is 5.74. The first kappa shape index (κ1) is 11.7. The van der Waals surface area contributed by atoms with Crippen LogP contribution in [-0.4, -0.2) is 12.0 Å². The van der Waals surface area contributed by atoms with Crippen LogP contribution in [0.3, 0.4) is 0 Å². The maximum atomic E-state index is 6.13. The molecule has 0 saturated carbocycles. The van der Waals surface area contributed by atoms with Gasteiger partial charge in [-0.05, 0) is 30.7 Å². The van der Waals surface area contributed by atoms with Crippen LogP contribution in [0.15, 0.2) is 36.5 Å². The summed E-state index contributed by atoms with van der Waals surface area (Å²) in [7, 11) is 1.84. The zero-order valence-electron chi connectivity index (χ0n) is 9.79. The fourth-order valence-corrected chi connectivity index (χ4v) is 1.70. The lowest BCUT2D eigenvalue weighted by Crippen LogP contribution is -1.95. The summed E-state index contributed by atoms with van der Waals surface area (Å²) in [6.07, 6.45) is 1.75. The van der Waals surface area contributed by atoms with Gasteiger partial charge in [-0.3, -0.25) is 0 Å². The number of anilines is 3. The molecule has 1 aromatic carbocycles. The molecule has 0 radical (unpaired) electrons. The molecular weight excluding hydrogens is 234 g/mol. The number of benzene rings is 1. The Labute approximate surface area is 106 Å². The van der Waals surface area contributed by atoms with Crippen molar-refractivity contribution in [2.45, 2.75) is 6.92 Å². The molecule has 0 atom stereocenters. The Balaban J connectivity index is 2.27. The standard InChI is InChI=1S/C13H14ClN3/c1-9-3-4-11(14)12(7-9)17-10-5-6-16-13(8-10)15-2/h3-8H,1-2H3,(H2,15,16,17). The number of nitrogens with zero attached hydrogens (tertiary/aromatic N) is 1. The molecule has 0 saturated heterocycles. The van der Waals surface area contributed by atoms with Crippen molar-refractivity contribution >= 4 is 28.8 Å². The Bertz CT molecular complexity index is 526. The smallest absolute Gasteiger partial charge is 0.127 e. The monoisotopic (exact) mass is 247 g/mol. The molecule has 1 aromatic heterocycles. The van der Waals surface area contributed by atoms with Gasteiger partial charge in [-0.1, -0.05) is 17.7 Å². The topological polar surface area (TPSA) is 37.0 Å². The fraction of sp³-hybridized carbons (Fsp3) is 0.154. The third kappa shape index (κ3) is 2.88. The van der Waals surface area contributed by atoms with Crippen LogP contribution in [0.2, 0.25) is 5.02 Å². The molecule has 0 unspecified atom stereocenters. The average molecular weight is 248 g/mol. The minimum absolute atomic E-state index is 0.707. The number of hydrogen-bond acceptors (Lipinski definition) is 3. The summed E-state index contributed by atoms with van der Waals surface area (Å²) in [6, 6.07) is 9.72. The molecule has 3 nitrogen and oxygen atoms in total. The van der Waals surface area contributed by atoms with Crippen molar-refractivity contribution in [1.82, 2.24) is 4.98 Å². The van der Waals surface area contributed by atoms with Crippen molar-refractivity contribution in [3.63, 3.8) is 0 Å². The average Bonchev–Trinajstić information content (AvgIpc) is 2.34. The van der Waals surface area contributed by atoms with Crippen molar-refractivity contribution in [2.24, 2.45) is 0 Å². The number of hydrogen-bond donors (Lipinski definition) is 2. The number of rotatable bonds is 3. The van der Waals surface area contributed by atoms with Crippen molar-refractivity contribution in [3.05, 3.63) is 47.1 Å². The number of pyridine rings is 1. The summed E-state index contributed by atoms with van der Waals surface area (Å²) in [4.78, 5) is 4.16. The van der Waals surface area contributed by atoms with Gasteiger partial charge in [0, 0.05) is 25.0 Å². The van der Waals surface area contributed by atoms with E-state index in [1.807, 2.05) is 44.3 Å². The molecule has 88 valence electrons. The second-order valence-electron chi connectivity index (χ2n) is 3.79. The minimum atomic E-state index is 0.707. The van der Waals surface area contributed by atoms with Crippen LogP contribution in [0.5, 0.6) is 0 Å². The Kier molecular flexibility index (Phi) is 3.49. The SMILES string of the molecule is CNc1cc(Nc2cc(C)ccc2Cl)ccn1. The molecule has 0 aliphatic carbocycles. The number of nitrogens with one attached hydrogen (secondary N) is 2. The third-order valence-corrected chi connectivity index (χ3v) is 2.75. The zero-order chi connectivity index (χ0) is 12.3. The van der Waals surface area contributed by atoms with E-state index in [9.17, 15) is 0 Å². The molecule has 2 N–H and O–H groups in total. The quantitative estimate of drug-likeness (QED) is 0.866. The molecule has 0 bridgehead atoms. The molecule has 0 spiro atoms. The second kappa shape index (κ2) is 5.06. The minimum Gasteiger partial charge on any atom is -0.373 e. The van der Waals surface area contributed by atoms with Gasteiger partial charge in [-0.2, -0.15) is 0 Å². The lowest BCUT2D eigenvalue weighted by atomic mass is 10.2. The van der Waals surface area contributed by atoms with Crippen LogP contribution < -0.4 is 10.6 Å². The highest BCUT2D eigenvalue weighted by molar-refractivity contribution is 6.33. The van der Waals surface area contributed by atoms with Crippen LogP contribution in [0, 0.1) is 6.92 Å². The number of aryl methyl sites for hydroxylation is 1. The van der Waals surface area contributed by atoms with E-state index < -0.39 is 0 Å². The first-order valence-electron chi connectivity index (χ1n) is 5.36. The van der Waals surface area contributed by atoms with Gasteiger partial charge in [0.25, 0.3) is 0 Å². The Hall–Kier alpha value is -1.74. The Morgan fingerprint density at radius 2 is 2.00 bits per heavy atom. The molecule has 4 heteroatoms. The van der Waals surface area contributed by atoms with Gasteiger partial charge >= 0.3 is 0 Å². The van der Waals surface area contributed by atoms with E-state index in [0.717, 1.165) is 17.2 Å². The van der Waals surface area contributed by atoms with Crippen LogP contribution in [0.1, 0.15) is 5.56 Å². The summed E-state index contributed by atoms with van der Waals surface area (Å²) >= 11 is 6.13. The highest BCUT2D eigenvalue weighted by Crippen LogP contribution is 2.26. The molecule has 0 amide bonds. The Morgan fingerprint density at radius 1 is 1.18 bits per heavy atom. The van der Waals surface area contributed by atoms with Crippen molar-refractivity contribution in [1.29, 1.82) is 0 Å². The second-order valence-corrected chi connectivity index (χ2v) is 4.20. The van der Waals surface area contributed by atoms with Crippen LogP contribution in [0.4, 0.5) is 17.2 Å². The highest BCUT2D eigenvalue weighted by atomic mass is 35.5. The lowest BCUT2D eigenvalue weighted by molar-refractivity contribution is 1.28. The van der Waals surface area contributed by atoms with Crippen LogP contribution in [-0.2, 0) is 0 Å². The molecule has 1 heterocycles. The van der Waals surface area contributed by atoms with Gasteiger partial charge in [0.05, 0.1) is 10.7 Å². The third-order valence-electron chi connectivity index (χ3n) is 2.42. The lowest BCUT2D eigenvalue weighted by Gasteiger charge is -2.10. The van der Waals surface area contributed by atoms with Gasteiger partial charge in [0.1, 0.15) is 5.82 Å². The summed E-state index contributed by atoms with van der Waals surface area (Å²) in [5.74, 6) is 0.818. The van der Waals surface area contributed by atoms with Crippen LogP contribution in [0.25, 0.3) is 0 Å². The predicted molar refractivity (Wildman–Crippen MR) is 73.3 cm³/mol. The summed E-state index contributed by atoms with van der Waals surface area (Å²) in [6.45, 7) is 2.03.